The van der Waals surface area contributed by atoms with Gasteiger partial charge in [-0.2, -0.15) is 0 Å². The zero-order chi connectivity index (χ0) is 21.5. The molecule has 1 aliphatic rings. The Labute approximate surface area is 177 Å². The summed E-state index contributed by atoms with van der Waals surface area (Å²) >= 11 is 0. The predicted molar refractivity (Wildman–Crippen MR) is 114 cm³/mol. The lowest BCUT2D eigenvalue weighted by Gasteiger charge is -2.30. The molecule has 3 rings (SSSR count). The molecule has 30 heavy (non-hydrogen) atoms. The molecule has 1 fully saturated rings. The van der Waals surface area contributed by atoms with Gasteiger partial charge in [-0.3, -0.25) is 0 Å². The van der Waals surface area contributed by atoms with Gasteiger partial charge in [-0.25, -0.2) is 4.79 Å². The summed E-state index contributed by atoms with van der Waals surface area (Å²) in [5.41, 5.74) is 2.98. The molecule has 160 valence electrons. The van der Waals surface area contributed by atoms with Crippen LogP contribution in [0.25, 0.3) is 5.57 Å². The SMILES string of the molecule is CCCC1CCOC(c2ccc(/C(=C/C(=O)O)c3ccc(OC)c(OC)c3)cc2)O1. The fourth-order valence-electron chi connectivity index (χ4n) is 3.58. The van der Waals surface area contributed by atoms with Crippen molar-refractivity contribution in [1.82, 2.24) is 0 Å². The highest BCUT2D eigenvalue weighted by molar-refractivity contribution is 5.95. The number of carbonyl (C=O) groups is 1. The smallest absolute Gasteiger partial charge is 0.328 e. The lowest BCUT2D eigenvalue weighted by atomic mass is 9.96. The van der Waals surface area contributed by atoms with Crippen LogP contribution in [-0.2, 0) is 14.3 Å². The van der Waals surface area contributed by atoms with Gasteiger partial charge in [0.25, 0.3) is 0 Å². The van der Waals surface area contributed by atoms with E-state index in [1.54, 1.807) is 26.4 Å². The molecular formula is C24H28O6. The van der Waals surface area contributed by atoms with E-state index in [0.29, 0.717) is 23.7 Å². The molecule has 2 atom stereocenters. The molecule has 0 spiro atoms. The molecule has 1 saturated heterocycles. The van der Waals surface area contributed by atoms with Crippen LogP contribution in [0.3, 0.4) is 0 Å². The molecule has 1 N–H and O–H groups in total. The highest BCUT2D eigenvalue weighted by Crippen LogP contribution is 2.34. The molecule has 0 radical (unpaired) electrons. The molecule has 1 heterocycles. The Bertz CT molecular complexity index is 885. The van der Waals surface area contributed by atoms with Gasteiger partial charge in [-0.1, -0.05) is 43.7 Å². The number of hydrogen-bond acceptors (Lipinski definition) is 5. The Hall–Kier alpha value is -2.83. The number of carboxylic acid groups (broad SMARTS) is 1. The van der Waals surface area contributed by atoms with E-state index in [0.717, 1.165) is 36.0 Å². The molecule has 0 aliphatic carbocycles. The summed E-state index contributed by atoms with van der Waals surface area (Å²) in [5.74, 6) is 0.0959. The topological polar surface area (TPSA) is 74.2 Å². The number of ether oxygens (including phenoxy) is 4. The number of benzene rings is 2. The first-order valence-corrected chi connectivity index (χ1v) is 10.1. The first-order valence-electron chi connectivity index (χ1n) is 10.1. The van der Waals surface area contributed by atoms with Crippen LogP contribution in [-0.4, -0.2) is 38.0 Å². The molecule has 2 aromatic rings. The normalized spacial score (nSPS) is 19.4. The Balaban J connectivity index is 1.88. The molecule has 0 aromatic heterocycles. The Morgan fingerprint density at radius 2 is 1.80 bits per heavy atom. The van der Waals surface area contributed by atoms with Gasteiger partial charge in [0.05, 0.1) is 26.9 Å². The number of methoxy groups -OCH3 is 2. The predicted octanol–water partition coefficient (Wildman–Crippen LogP) is 4.82. The lowest BCUT2D eigenvalue weighted by Crippen LogP contribution is -2.26. The summed E-state index contributed by atoms with van der Waals surface area (Å²) in [7, 11) is 3.11. The van der Waals surface area contributed by atoms with E-state index in [2.05, 4.69) is 6.92 Å². The molecule has 6 nitrogen and oxygen atoms in total. The van der Waals surface area contributed by atoms with Crippen LogP contribution in [0.4, 0.5) is 0 Å². The average Bonchev–Trinajstić information content (AvgIpc) is 2.77. The van der Waals surface area contributed by atoms with Gasteiger partial charge in [0.15, 0.2) is 17.8 Å². The number of rotatable bonds is 8. The van der Waals surface area contributed by atoms with Gasteiger partial charge in [-0.15, -0.1) is 0 Å². The molecule has 2 unspecified atom stereocenters. The quantitative estimate of drug-likeness (QED) is 0.627. The van der Waals surface area contributed by atoms with Gasteiger partial charge >= 0.3 is 5.97 Å². The Morgan fingerprint density at radius 1 is 1.10 bits per heavy atom. The number of hydrogen-bond donors (Lipinski definition) is 1. The highest BCUT2D eigenvalue weighted by Gasteiger charge is 2.24. The van der Waals surface area contributed by atoms with Gasteiger partial charge in [-0.05, 0) is 41.7 Å². The maximum absolute atomic E-state index is 11.5. The minimum absolute atomic E-state index is 0.211. The second-order valence-corrected chi connectivity index (χ2v) is 7.13. The third-order valence-corrected chi connectivity index (χ3v) is 5.09. The van der Waals surface area contributed by atoms with Crippen molar-refractivity contribution < 1.29 is 28.8 Å². The second-order valence-electron chi connectivity index (χ2n) is 7.13. The molecule has 0 amide bonds. The number of carboxylic acids is 1. The zero-order valence-electron chi connectivity index (χ0n) is 17.6. The van der Waals surface area contributed by atoms with Crippen LogP contribution in [0.5, 0.6) is 11.5 Å². The van der Waals surface area contributed by atoms with Crippen LogP contribution < -0.4 is 9.47 Å². The largest absolute Gasteiger partial charge is 0.493 e. The third kappa shape index (κ3) is 5.20. The Kier molecular flexibility index (Phi) is 7.49. The maximum Gasteiger partial charge on any atom is 0.328 e. The summed E-state index contributed by atoms with van der Waals surface area (Å²) in [6.45, 7) is 2.82. The Morgan fingerprint density at radius 3 is 2.43 bits per heavy atom. The molecule has 1 aliphatic heterocycles. The van der Waals surface area contributed by atoms with Crippen molar-refractivity contribution in [3.05, 3.63) is 65.2 Å². The maximum atomic E-state index is 11.5. The van der Waals surface area contributed by atoms with E-state index in [9.17, 15) is 9.90 Å². The standard InChI is InChI=1S/C24H28O6/c1-4-5-19-12-13-29-24(30-19)17-8-6-16(7-9-17)20(15-23(25)26)18-10-11-21(27-2)22(14-18)28-3/h6-11,14-15,19,24H,4-5,12-13H2,1-3H3,(H,25,26)/b20-15-. The van der Waals surface area contributed by atoms with E-state index in [-0.39, 0.29) is 6.10 Å². The van der Waals surface area contributed by atoms with E-state index in [1.165, 1.54) is 6.08 Å². The molecule has 2 aromatic carbocycles. The van der Waals surface area contributed by atoms with E-state index < -0.39 is 12.3 Å². The summed E-state index contributed by atoms with van der Waals surface area (Å²) in [6.07, 6.45) is 4.02. The van der Waals surface area contributed by atoms with E-state index in [1.807, 2.05) is 30.3 Å². The van der Waals surface area contributed by atoms with Gasteiger partial charge in [0.2, 0.25) is 0 Å². The zero-order valence-corrected chi connectivity index (χ0v) is 17.6. The van der Waals surface area contributed by atoms with Crippen LogP contribution in [0, 0.1) is 0 Å². The second kappa shape index (κ2) is 10.3. The fraction of sp³-hybridized carbons (Fsp3) is 0.375. The lowest BCUT2D eigenvalue weighted by molar-refractivity contribution is -0.218. The van der Waals surface area contributed by atoms with E-state index >= 15 is 0 Å². The van der Waals surface area contributed by atoms with Crippen molar-refractivity contribution in [2.24, 2.45) is 0 Å². The molecular weight excluding hydrogens is 384 g/mol. The van der Waals surface area contributed by atoms with E-state index in [4.69, 9.17) is 18.9 Å². The summed E-state index contributed by atoms with van der Waals surface area (Å²) < 4.78 is 22.5. The van der Waals surface area contributed by atoms with Gasteiger partial charge in [0, 0.05) is 11.6 Å². The minimum atomic E-state index is -1.02. The van der Waals surface area contributed by atoms with Crippen LogP contribution in [0.2, 0.25) is 0 Å². The highest BCUT2D eigenvalue weighted by atomic mass is 16.7. The van der Waals surface area contributed by atoms with Crippen LogP contribution in [0.1, 0.15) is 49.2 Å². The molecule has 0 saturated carbocycles. The van der Waals surface area contributed by atoms with Crippen molar-refractivity contribution in [1.29, 1.82) is 0 Å². The van der Waals surface area contributed by atoms with Gasteiger partial charge < -0.3 is 24.1 Å². The summed E-state index contributed by atoms with van der Waals surface area (Å²) in [4.78, 5) is 11.5. The average molecular weight is 412 g/mol. The number of aliphatic carboxylic acids is 1. The molecule has 0 bridgehead atoms. The van der Waals surface area contributed by atoms with Crippen molar-refractivity contribution >= 4 is 11.5 Å². The van der Waals surface area contributed by atoms with Gasteiger partial charge in [0.1, 0.15) is 0 Å². The first-order chi connectivity index (χ1) is 14.5. The van der Waals surface area contributed by atoms with Crippen molar-refractivity contribution in [2.75, 3.05) is 20.8 Å². The third-order valence-electron chi connectivity index (χ3n) is 5.09. The van der Waals surface area contributed by atoms with Crippen LogP contribution >= 0.6 is 0 Å². The summed E-state index contributed by atoms with van der Waals surface area (Å²) in [5, 5.41) is 9.40. The fourth-order valence-corrected chi connectivity index (χ4v) is 3.58. The monoisotopic (exact) mass is 412 g/mol. The van der Waals surface area contributed by atoms with Crippen molar-refractivity contribution in [3.63, 3.8) is 0 Å². The minimum Gasteiger partial charge on any atom is -0.493 e. The van der Waals surface area contributed by atoms with Crippen LogP contribution in [0.15, 0.2) is 48.5 Å². The van der Waals surface area contributed by atoms with Crippen molar-refractivity contribution in [3.8, 4) is 11.5 Å². The first kappa shape index (κ1) is 21.9. The summed E-state index contributed by atoms with van der Waals surface area (Å²) in [6, 6.07) is 13.0. The van der Waals surface area contributed by atoms with Crippen molar-refractivity contribution in [2.45, 2.75) is 38.6 Å². The molecule has 6 heteroatoms.